The van der Waals surface area contributed by atoms with Crippen molar-refractivity contribution in [2.24, 2.45) is 5.73 Å². The topological polar surface area (TPSA) is 41.3 Å². The summed E-state index contributed by atoms with van der Waals surface area (Å²) in [6.45, 7) is 0.704. The summed E-state index contributed by atoms with van der Waals surface area (Å²) in [6.07, 6.45) is 4.94. The van der Waals surface area contributed by atoms with Gasteiger partial charge in [0.25, 0.3) is 0 Å². The minimum Gasteiger partial charge on any atom is -0.377 e. The zero-order valence-corrected chi connectivity index (χ0v) is 13.0. The van der Waals surface area contributed by atoms with Crippen molar-refractivity contribution in [3.63, 3.8) is 0 Å². The molecule has 3 N–H and O–H groups in total. The van der Waals surface area contributed by atoms with E-state index in [0.29, 0.717) is 18.6 Å². The van der Waals surface area contributed by atoms with Crippen LogP contribution in [0.25, 0.3) is 0 Å². The fourth-order valence-electron chi connectivity index (χ4n) is 3.74. The number of fused-ring (bicyclic) bond motifs is 2. The summed E-state index contributed by atoms with van der Waals surface area (Å²) >= 11 is 3.62. The first-order valence-electron chi connectivity index (χ1n) is 7.08. The first kappa shape index (κ1) is 13.4. The maximum Gasteiger partial charge on any atom is 0.0525 e. The lowest BCUT2D eigenvalue weighted by Gasteiger charge is -2.46. The van der Waals surface area contributed by atoms with E-state index in [1.165, 1.54) is 12.8 Å². The molecule has 2 fully saturated rings. The molecule has 0 amide bonds. The number of benzene rings is 1. The Bertz CT molecular complexity index is 448. The molecule has 0 aliphatic carbocycles. The first-order valence-corrected chi connectivity index (χ1v) is 7.87. The molecule has 104 valence electrons. The van der Waals surface area contributed by atoms with Gasteiger partial charge in [-0.25, -0.2) is 0 Å². The lowest BCUT2D eigenvalue weighted by Crippen LogP contribution is -2.57. The molecular weight excluding hydrogens is 302 g/mol. The van der Waals surface area contributed by atoms with Crippen molar-refractivity contribution in [1.82, 2.24) is 4.90 Å². The Balaban J connectivity index is 1.83. The molecule has 0 saturated carbocycles. The second kappa shape index (κ2) is 5.08. The van der Waals surface area contributed by atoms with Crippen LogP contribution in [0.1, 0.15) is 25.7 Å². The lowest BCUT2D eigenvalue weighted by molar-refractivity contribution is 0.127. The van der Waals surface area contributed by atoms with E-state index in [2.05, 4.69) is 51.4 Å². The van der Waals surface area contributed by atoms with E-state index in [1.54, 1.807) is 0 Å². The Labute approximate surface area is 123 Å². The molecular formula is C15H22BrN3. The van der Waals surface area contributed by atoms with Crippen molar-refractivity contribution in [3.05, 3.63) is 28.7 Å². The predicted molar refractivity (Wildman–Crippen MR) is 83.4 cm³/mol. The van der Waals surface area contributed by atoms with Crippen LogP contribution in [0.5, 0.6) is 0 Å². The molecule has 2 bridgehead atoms. The van der Waals surface area contributed by atoms with E-state index in [1.807, 2.05) is 6.07 Å². The van der Waals surface area contributed by atoms with E-state index in [4.69, 9.17) is 5.73 Å². The van der Waals surface area contributed by atoms with Gasteiger partial charge in [-0.2, -0.15) is 0 Å². The highest BCUT2D eigenvalue weighted by Gasteiger charge is 2.46. The highest BCUT2D eigenvalue weighted by Crippen LogP contribution is 2.41. The van der Waals surface area contributed by atoms with Gasteiger partial charge in [0.2, 0.25) is 0 Å². The summed E-state index contributed by atoms with van der Waals surface area (Å²) in [6, 6.07) is 9.70. The maximum atomic E-state index is 6.14. The lowest BCUT2D eigenvalue weighted by atomic mass is 9.82. The van der Waals surface area contributed by atoms with E-state index >= 15 is 0 Å². The molecule has 2 heterocycles. The molecule has 19 heavy (non-hydrogen) atoms. The monoisotopic (exact) mass is 323 g/mol. The highest BCUT2D eigenvalue weighted by molar-refractivity contribution is 9.10. The Hall–Kier alpha value is -0.580. The minimum atomic E-state index is 0.0578. The smallest absolute Gasteiger partial charge is 0.0525 e. The number of piperidine rings is 1. The van der Waals surface area contributed by atoms with Gasteiger partial charge in [-0.3, -0.25) is 0 Å². The molecule has 3 rings (SSSR count). The van der Waals surface area contributed by atoms with Crippen LogP contribution < -0.4 is 11.1 Å². The van der Waals surface area contributed by atoms with Crippen molar-refractivity contribution < 1.29 is 0 Å². The Morgan fingerprint density at radius 2 is 1.95 bits per heavy atom. The van der Waals surface area contributed by atoms with Gasteiger partial charge in [0.15, 0.2) is 0 Å². The normalized spacial score (nSPS) is 34.5. The second-order valence-electron chi connectivity index (χ2n) is 6.05. The van der Waals surface area contributed by atoms with Gasteiger partial charge in [0.05, 0.1) is 5.54 Å². The van der Waals surface area contributed by atoms with Crippen molar-refractivity contribution in [2.75, 3.05) is 18.9 Å². The van der Waals surface area contributed by atoms with Gasteiger partial charge in [0, 0.05) is 28.8 Å². The fourth-order valence-corrected chi connectivity index (χ4v) is 4.12. The van der Waals surface area contributed by atoms with Gasteiger partial charge in [-0.1, -0.05) is 12.1 Å². The molecule has 2 aliphatic rings. The zero-order chi connectivity index (χ0) is 13.5. The molecule has 4 heteroatoms. The van der Waals surface area contributed by atoms with Crippen molar-refractivity contribution >= 4 is 21.6 Å². The molecule has 2 atom stereocenters. The van der Waals surface area contributed by atoms with Crippen molar-refractivity contribution in [3.8, 4) is 0 Å². The molecule has 0 spiro atoms. The Kier molecular flexibility index (Phi) is 3.58. The fraction of sp³-hybridized carbons (Fsp3) is 0.600. The Morgan fingerprint density at radius 3 is 2.53 bits per heavy atom. The van der Waals surface area contributed by atoms with Gasteiger partial charge < -0.3 is 16.0 Å². The third-order valence-corrected chi connectivity index (χ3v) is 5.59. The zero-order valence-electron chi connectivity index (χ0n) is 11.4. The third kappa shape index (κ3) is 2.41. The largest absolute Gasteiger partial charge is 0.377 e. The average Bonchev–Trinajstić information content (AvgIpc) is 2.65. The molecule has 2 unspecified atom stereocenters. The first-order chi connectivity index (χ1) is 9.13. The summed E-state index contributed by atoms with van der Waals surface area (Å²) in [5.74, 6) is 0. The quantitative estimate of drug-likeness (QED) is 0.898. The summed E-state index contributed by atoms with van der Waals surface area (Å²) in [4.78, 5) is 2.55. The second-order valence-corrected chi connectivity index (χ2v) is 6.90. The van der Waals surface area contributed by atoms with Crippen LogP contribution in [0.3, 0.4) is 0 Å². The molecule has 3 nitrogen and oxygen atoms in total. The summed E-state index contributed by atoms with van der Waals surface area (Å²) in [7, 11) is 2.27. The summed E-state index contributed by atoms with van der Waals surface area (Å²) in [5, 5.41) is 3.74. The number of anilines is 1. The maximum absolute atomic E-state index is 6.14. The van der Waals surface area contributed by atoms with Gasteiger partial charge in [-0.05, 0) is 60.8 Å². The van der Waals surface area contributed by atoms with Crippen LogP contribution in [-0.4, -0.2) is 36.1 Å². The number of para-hydroxylation sites is 1. The number of nitrogens with two attached hydrogens (primary N) is 1. The number of nitrogens with one attached hydrogen (secondary N) is 1. The van der Waals surface area contributed by atoms with Crippen LogP contribution in [0, 0.1) is 0 Å². The number of halogens is 1. The van der Waals surface area contributed by atoms with Crippen LogP contribution in [-0.2, 0) is 0 Å². The van der Waals surface area contributed by atoms with Crippen LogP contribution in [0.2, 0.25) is 0 Å². The standard InChI is InChI=1S/C15H22BrN3/c1-19-11-6-7-12(19)9-15(8-11,10-17)18-14-5-3-2-4-13(14)16/h2-5,11-12,18H,6-10,17H2,1H3. The van der Waals surface area contributed by atoms with Crippen LogP contribution in [0.15, 0.2) is 28.7 Å². The predicted octanol–water partition coefficient (Wildman–Crippen LogP) is 2.82. The number of nitrogens with zero attached hydrogens (tertiary/aromatic N) is 1. The number of hydrogen-bond acceptors (Lipinski definition) is 3. The highest BCUT2D eigenvalue weighted by atomic mass is 79.9. The SMILES string of the molecule is CN1C2CCC1CC(CN)(Nc1ccccc1Br)C2. The van der Waals surface area contributed by atoms with Crippen LogP contribution in [0.4, 0.5) is 5.69 Å². The molecule has 1 aromatic carbocycles. The Morgan fingerprint density at radius 1 is 1.32 bits per heavy atom. The van der Waals surface area contributed by atoms with E-state index in [0.717, 1.165) is 23.0 Å². The molecule has 2 aliphatic heterocycles. The van der Waals surface area contributed by atoms with Crippen molar-refractivity contribution in [2.45, 2.75) is 43.3 Å². The summed E-state index contributed by atoms with van der Waals surface area (Å²) < 4.78 is 1.12. The molecule has 0 aromatic heterocycles. The van der Waals surface area contributed by atoms with E-state index in [9.17, 15) is 0 Å². The van der Waals surface area contributed by atoms with Gasteiger partial charge >= 0.3 is 0 Å². The van der Waals surface area contributed by atoms with Crippen LogP contribution >= 0.6 is 15.9 Å². The van der Waals surface area contributed by atoms with Crippen molar-refractivity contribution in [1.29, 1.82) is 0 Å². The molecule has 1 aromatic rings. The van der Waals surface area contributed by atoms with Gasteiger partial charge in [0.1, 0.15) is 0 Å². The number of hydrogen-bond donors (Lipinski definition) is 2. The average molecular weight is 324 g/mol. The third-order valence-electron chi connectivity index (χ3n) is 4.90. The molecule has 2 saturated heterocycles. The molecule has 0 radical (unpaired) electrons. The van der Waals surface area contributed by atoms with Gasteiger partial charge in [-0.15, -0.1) is 0 Å². The minimum absolute atomic E-state index is 0.0578. The van der Waals surface area contributed by atoms with E-state index in [-0.39, 0.29) is 5.54 Å². The van der Waals surface area contributed by atoms with E-state index < -0.39 is 0 Å². The summed E-state index contributed by atoms with van der Waals surface area (Å²) in [5.41, 5.74) is 7.36. The number of rotatable bonds is 3.